The van der Waals surface area contributed by atoms with Crippen LogP contribution in [-0.4, -0.2) is 25.2 Å². The quantitative estimate of drug-likeness (QED) is 0.632. The molecule has 0 heterocycles. The molecule has 0 amide bonds. The molecule has 0 rings (SSSR count). The second kappa shape index (κ2) is 9.46. The summed E-state index contributed by atoms with van der Waals surface area (Å²) in [5.41, 5.74) is 0. The number of esters is 1. The Labute approximate surface area is 106 Å². The van der Waals surface area contributed by atoms with Gasteiger partial charge in [-0.3, -0.25) is 4.79 Å². The molecule has 0 aromatic heterocycles. The summed E-state index contributed by atoms with van der Waals surface area (Å²) in [6.07, 6.45) is 5.59. The summed E-state index contributed by atoms with van der Waals surface area (Å²) in [7, 11) is 1.46. The number of carbonyl (C=O) groups is 1. The van der Waals surface area contributed by atoms with Gasteiger partial charge < -0.3 is 10.1 Å². The van der Waals surface area contributed by atoms with Gasteiger partial charge in [-0.25, -0.2) is 0 Å². The standard InChI is InChI=1S/C14H29NO2/c1-6-9-10-12(8-3)15-13(11(4)7-2)14(16)17-5/h11-13,15H,6-10H2,1-5H3. The Morgan fingerprint density at radius 2 is 1.88 bits per heavy atom. The molecule has 102 valence electrons. The number of unbranched alkanes of at least 4 members (excludes halogenated alkanes) is 1. The number of rotatable bonds is 9. The predicted molar refractivity (Wildman–Crippen MR) is 72.0 cm³/mol. The molecule has 1 N–H and O–H groups in total. The molecular formula is C14H29NO2. The van der Waals surface area contributed by atoms with E-state index in [9.17, 15) is 4.79 Å². The van der Waals surface area contributed by atoms with E-state index < -0.39 is 0 Å². The minimum Gasteiger partial charge on any atom is -0.468 e. The third kappa shape index (κ3) is 6.06. The van der Waals surface area contributed by atoms with Crippen molar-refractivity contribution in [2.24, 2.45) is 5.92 Å². The lowest BCUT2D eigenvalue weighted by Crippen LogP contribution is -2.47. The Morgan fingerprint density at radius 1 is 1.24 bits per heavy atom. The van der Waals surface area contributed by atoms with Crippen molar-refractivity contribution in [2.75, 3.05) is 7.11 Å². The second-order valence-electron chi connectivity index (χ2n) is 4.80. The fourth-order valence-corrected chi connectivity index (χ4v) is 1.94. The highest BCUT2D eigenvalue weighted by atomic mass is 16.5. The zero-order valence-electron chi connectivity index (χ0n) is 12.1. The first kappa shape index (κ1) is 16.4. The van der Waals surface area contributed by atoms with Gasteiger partial charge in [-0.15, -0.1) is 0 Å². The Hall–Kier alpha value is -0.570. The van der Waals surface area contributed by atoms with Gasteiger partial charge in [0.15, 0.2) is 0 Å². The van der Waals surface area contributed by atoms with Crippen molar-refractivity contribution in [2.45, 2.75) is 71.9 Å². The summed E-state index contributed by atoms with van der Waals surface area (Å²) in [4.78, 5) is 11.8. The molecule has 3 nitrogen and oxygen atoms in total. The van der Waals surface area contributed by atoms with Crippen LogP contribution >= 0.6 is 0 Å². The molecule has 0 aliphatic heterocycles. The van der Waals surface area contributed by atoms with Gasteiger partial charge in [-0.1, -0.05) is 47.0 Å². The smallest absolute Gasteiger partial charge is 0.323 e. The molecule has 0 saturated heterocycles. The van der Waals surface area contributed by atoms with E-state index in [0.717, 1.165) is 19.3 Å². The highest BCUT2D eigenvalue weighted by Gasteiger charge is 2.26. The average Bonchev–Trinajstić information content (AvgIpc) is 2.37. The molecule has 0 spiro atoms. The molecule has 3 atom stereocenters. The molecule has 0 aliphatic rings. The van der Waals surface area contributed by atoms with Gasteiger partial charge in [-0.05, 0) is 18.8 Å². The number of methoxy groups -OCH3 is 1. The van der Waals surface area contributed by atoms with Crippen molar-refractivity contribution in [3.63, 3.8) is 0 Å². The Morgan fingerprint density at radius 3 is 2.29 bits per heavy atom. The van der Waals surface area contributed by atoms with Crippen LogP contribution in [0.15, 0.2) is 0 Å². The Balaban J connectivity index is 4.42. The summed E-state index contributed by atoms with van der Waals surface area (Å²) < 4.78 is 4.88. The van der Waals surface area contributed by atoms with Crippen LogP contribution in [0.4, 0.5) is 0 Å². The molecule has 0 radical (unpaired) electrons. The van der Waals surface area contributed by atoms with Crippen molar-refractivity contribution >= 4 is 5.97 Å². The van der Waals surface area contributed by atoms with Gasteiger partial charge >= 0.3 is 5.97 Å². The monoisotopic (exact) mass is 243 g/mol. The molecule has 0 aromatic rings. The first-order valence-corrected chi connectivity index (χ1v) is 6.94. The summed E-state index contributed by atoms with van der Waals surface area (Å²) in [6.45, 7) is 8.56. The van der Waals surface area contributed by atoms with E-state index in [1.54, 1.807) is 0 Å². The van der Waals surface area contributed by atoms with E-state index >= 15 is 0 Å². The lowest BCUT2D eigenvalue weighted by atomic mass is 9.96. The molecule has 0 bridgehead atoms. The SMILES string of the molecule is CCCCC(CC)NC(C(=O)OC)C(C)CC. The van der Waals surface area contributed by atoms with Crippen molar-refractivity contribution in [1.82, 2.24) is 5.32 Å². The zero-order valence-corrected chi connectivity index (χ0v) is 12.1. The summed E-state index contributed by atoms with van der Waals surface area (Å²) in [6, 6.07) is 0.264. The Bertz CT molecular complexity index is 206. The van der Waals surface area contributed by atoms with Gasteiger partial charge in [0.05, 0.1) is 7.11 Å². The average molecular weight is 243 g/mol. The number of carbonyl (C=O) groups excluding carboxylic acids is 1. The van der Waals surface area contributed by atoms with Gasteiger partial charge in [0.25, 0.3) is 0 Å². The lowest BCUT2D eigenvalue weighted by Gasteiger charge is -2.27. The largest absolute Gasteiger partial charge is 0.468 e. The number of ether oxygens (including phenoxy) is 1. The number of hydrogen-bond acceptors (Lipinski definition) is 3. The molecule has 0 aliphatic carbocycles. The highest BCUT2D eigenvalue weighted by molar-refractivity contribution is 5.76. The first-order valence-electron chi connectivity index (χ1n) is 6.94. The van der Waals surface area contributed by atoms with Crippen molar-refractivity contribution < 1.29 is 9.53 Å². The molecule has 3 unspecified atom stereocenters. The maximum absolute atomic E-state index is 11.8. The first-order chi connectivity index (χ1) is 8.10. The van der Waals surface area contributed by atoms with E-state index in [-0.39, 0.29) is 12.0 Å². The van der Waals surface area contributed by atoms with Crippen LogP contribution in [0, 0.1) is 5.92 Å². The third-order valence-electron chi connectivity index (χ3n) is 3.48. The van der Waals surface area contributed by atoms with Gasteiger partial charge in [0.1, 0.15) is 6.04 Å². The summed E-state index contributed by atoms with van der Waals surface area (Å²) in [5.74, 6) is 0.187. The van der Waals surface area contributed by atoms with Crippen LogP contribution in [0.5, 0.6) is 0 Å². The van der Waals surface area contributed by atoms with Gasteiger partial charge in [0, 0.05) is 6.04 Å². The minimum atomic E-state index is -0.160. The fourth-order valence-electron chi connectivity index (χ4n) is 1.94. The molecule has 3 heteroatoms. The van der Waals surface area contributed by atoms with E-state index in [2.05, 4.69) is 33.0 Å². The molecule has 0 aromatic carbocycles. The normalized spacial score (nSPS) is 16.3. The predicted octanol–water partition coefficient (Wildman–Crippen LogP) is 3.13. The van der Waals surface area contributed by atoms with Crippen LogP contribution in [0.2, 0.25) is 0 Å². The van der Waals surface area contributed by atoms with Crippen LogP contribution in [0.25, 0.3) is 0 Å². The van der Waals surface area contributed by atoms with E-state index in [4.69, 9.17) is 4.74 Å². The van der Waals surface area contributed by atoms with E-state index in [1.165, 1.54) is 20.0 Å². The maximum Gasteiger partial charge on any atom is 0.323 e. The van der Waals surface area contributed by atoms with Gasteiger partial charge in [0.2, 0.25) is 0 Å². The van der Waals surface area contributed by atoms with Crippen LogP contribution in [0.1, 0.15) is 59.8 Å². The van der Waals surface area contributed by atoms with Crippen LogP contribution < -0.4 is 5.32 Å². The lowest BCUT2D eigenvalue weighted by molar-refractivity contribution is -0.144. The van der Waals surface area contributed by atoms with Gasteiger partial charge in [-0.2, -0.15) is 0 Å². The minimum absolute atomic E-state index is 0.130. The molecule has 17 heavy (non-hydrogen) atoms. The second-order valence-corrected chi connectivity index (χ2v) is 4.80. The number of hydrogen-bond donors (Lipinski definition) is 1. The molecule has 0 saturated carbocycles. The van der Waals surface area contributed by atoms with Crippen molar-refractivity contribution in [1.29, 1.82) is 0 Å². The fraction of sp³-hybridized carbons (Fsp3) is 0.929. The Kier molecular flexibility index (Phi) is 9.14. The maximum atomic E-state index is 11.8. The van der Waals surface area contributed by atoms with Crippen LogP contribution in [-0.2, 0) is 9.53 Å². The number of nitrogens with one attached hydrogen (secondary N) is 1. The van der Waals surface area contributed by atoms with Crippen LogP contribution in [0.3, 0.4) is 0 Å². The van der Waals surface area contributed by atoms with Crippen molar-refractivity contribution in [3.05, 3.63) is 0 Å². The summed E-state index contributed by atoms with van der Waals surface area (Å²) in [5, 5.41) is 3.47. The topological polar surface area (TPSA) is 38.3 Å². The highest BCUT2D eigenvalue weighted by Crippen LogP contribution is 2.13. The third-order valence-corrected chi connectivity index (χ3v) is 3.48. The summed E-state index contributed by atoms with van der Waals surface area (Å²) >= 11 is 0. The van der Waals surface area contributed by atoms with Crippen molar-refractivity contribution in [3.8, 4) is 0 Å². The van der Waals surface area contributed by atoms with E-state index in [0.29, 0.717) is 12.0 Å². The molecular weight excluding hydrogens is 214 g/mol. The zero-order chi connectivity index (χ0) is 13.3. The molecule has 0 fully saturated rings. The van der Waals surface area contributed by atoms with E-state index in [1.807, 2.05) is 0 Å².